The van der Waals surface area contributed by atoms with E-state index in [1.54, 1.807) is 0 Å². The maximum absolute atomic E-state index is 5.65. The number of hydrogen-bond acceptors (Lipinski definition) is 2. The molecule has 1 N–H and O–H groups in total. The predicted molar refractivity (Wildman–Crippen MR) is 86.3 cm³/mol. The van der Waals surface area contributed by atoms with Crippen LogP contribution < -0.4 is 10.2 Å². The molecule has 1 aromatic rings. The summed E-state index contributed by atoms with van der Waals surface area (Å²) in [5.74, 6) is 0. The fourth-order valence-corrected chi connectivity index (χ4v) is 3.45. The summed E-state index contributed by atoms with van der Waals surface area (Å²) in [6.45, 7) is 3.96. The van der Waals surface area contributed by atoms with Gasteiger partial charge in [-0.3, -0.25) is 0 Å². The highest BCUT2D eigenvalue weighted by molar-refractivity contribution is 7.80. The maximum Gasteiger partial charge on any atom is 0.173 e. The lowest BCUT2D eigenvalue weighted by Crippen LogP contribution is -2.49. The zero-order chi connectivity index (χ0) is 13.9. The fraction of sp³-hybridized carbons (Fsp3) is 0.562. The first kappa shape index (κ1) is 13.8. The molecule has 0 amide bonds. The summed E-state index contributed by atoms with van der Waals surface area (Å²) in [5, 5.41) is 4.23. The first-order valence-electron chi connectivity index (χ1n) is 7.52. The van der Waals surface area contributed by atoms with Crippen LogP contribution in [-0.2, 0) is 11.2 Å². The van der Waals surface area contributed by atoms with Crippen LogP contribution in [0.15, 0.2) is 24.3 Å². The molecule has 3 rings (SSSR count). The van der Waals surface area contributed by atoms with Gasteiger partial charge < -0.3 is 15.0 Å². The van der Waals surface area contributed by atoms with Crippen LogP contribution in [0.3, 0.4) is 0 Å². The molecule has 0 spiro atoms. The number of nitrogens with one attached hydrogen (secondary N) is 1. The van der Waals surface area contributed by atoms with Crippen LogP contribution in [0.1, 0.15) is 31.7 Å². The van der Waals surface area contributed by atoms with Crippen molar-refractivity contribution in [3.05, 3.63) is 29.8 Å². The molecule has 2 aliphatic rings. The molecule has 1 aromatic carbocycles. The Morgan fingerprint density at radius 2 is 2.25 bits per heavy atom. The number of thiocarbonyl (C=S) groups is 1. The predicted octanol–water partition coefficient (Wildman–Crippen LogP) is 2.88. The number of aryl methyl sites for hydroxylation is 1. The number of benzene rings is 1. The number of fused-ring (bicyclic) bond motifs is 1. The monoisotopic (exact) mass is 290 g/mol. The average Bonchev–Trinajstić information content (AvgIpc) is 2.98. The summed E-state index contributed by atoms with van der Waals surface area (Å²) in [6, 6.07) is 9.03. The van der Waals surface area contributed by atoms with Crippen molar-refractivity contribution in [2.75, 3.05) is 18.1 Å². The van der Waals surface area contributed by atoms with E-state index < -0.39 is 0 Å². The van der Waals surface area contributed by atoms with Gasteiger partial charge in [-0.2, -0.15) is 0 Å². The molecule has 2 heterocycles. The van der Waals surface area contributed by atoms with Gasteiger partial charge in [0.1, 0.15) is 0 Å². The fourth-order valence-electron chi connectivity index (χ4n) is 3.09. The number of hydrogen-bond donors (Lipinski definition) is 1. The lowest BCUT2D eigenvalue weighted by Gasteiger charge is -2.37. The summed E-state index contributed by atoms with van der Waals surface area (Å²) >= 11 is 5.62. The molecule has 20 heavy (non-hydrogen) atoms. The van der Waals surface area contributed by atoms with Gasteiger partial charge in [0, 0.05) is 24.9 Å². The standard InChI is InChI=1S/C16H22N2OS/c1-12-8-9-13-5-2-3-7-15(13)18(12)16(20)17-11-14-6-4-10-19-14/h2-3,5,7,12,14H,4,6,8-11H2,1H3,(H,17,20)/t12-,14-/m0/s1. The van der Waals surface area contributed by atoms with Crippen molar-refractivity contribution in [3.63, 3.8) is 0 Å². The molecule has 1 saturated heterocycles. The van der Waals surface area contributed by atoms with E-state index in [0.717, 1.165) is 37.5 Å². The van der Waals surface area contributed by atoms with E-state index >= 15 is 0 Å². The molecule has 0 unspecified atom stereocenters. The Hall–Kier alpha value is -1.13. The zero-order valence-corrected chi connectivity index (χ0v) is 12.8. The van der Waals surface area contributed by atoms with Gasteiger partial charge in [0.05, 0.1) is 6.10 Å². The van der Waals surface area contributed by atoms with E-state index in [4.69, 9.17) is 17.0 Å². The Kier molecular flexibility index (Phi) is 4.22. The lowest BCUT2D eigenvalue weighted by atomic mass is 9.97. The summed E-state index contributed by atoms with van der Waals surface area (Å²) in [4.78, 5) is 2.27. The van der Waals surface area contributed by atoms with Crippen molar-refractivity contribution in [2.45, 2.75) is 44.8 Å². The maximum atomic E-state index is 5.65. The Balaban J connectivity index is 1.69. The smallest absolute Gasteiger partial charge is 0.173 e. The van der Waals surface area contributed by atoms with Gasteiger partial charge in [-0.1, -0.05) is 18.2 Å². The molecular formula is C16H22N2OS. The van der Waals surface area contributed by atoms with Crippen molar-refractivity contribution in [1.82, 2.24) is 5.32 Å². The normalized spacial score (nSPS) is 25.4. The number of para-hydroxylation sites is 1. The minimum absolute atomic E-state index is 0.322. The van der Waals surface area contributed by atoms with Gasteiger partial charge in [-0.05, 0) is 56.5 Å². The van der Waals surface area contributed by atoms with Crippen LogP contribution in [0.4, 0.5) is 5.69 Å². The molecule has 0 aliphatic carbocycles. The number of ether oxygens (including phenoxy) is 1. The van der Waals surface area contributed by atoms with Crippen molar-refractivity contribution in [2.24, 2.45) is 0 Å². The van der Waals surface area contributed by atoms with E-state index in [2.05, 4.69) is 41.4 Å². The zero-order valence-electron chi connectivity index (χ0n) is 12.0. The Labute approximate surface area is 126 Å². The first-order valence-corrected chi connectivity index (χ1v) is 7.93. The van der Waals surface area contributed by atoms with E-state index in [-0.39, 0.29) is 0 Å². The summed E-state index contributed by atoms with van der Waals surface area (Å²) in [5.41, 5.74) is 2.66. The quantitative estimate of drug-likeness (QED) is 0.847. The highest BCUT2D eigenvalue weighted by Crippen LogP contribution is 2.30. The Morgan fingerprint density at radius 1 is 1.40 bits per heavy atom. The molecular weight excluding hydrogens is 268 g/mol. The van der Waals surface area contributed by atoms with Gasteiger partial charge in [0.2, 0.25) is 0 Å². The number of nitrogens with zero attached hydrogens (tertiary/aromatic N) is 1. The van der Waals surface area contributed by atoms with Crippen LogP contribution in [0, 0.1) is 0 Å². The van der Waals surface area contributed by atoms with Gasteiger partial charge in [-0.25, -0.2) is 0 Å². The number of anilines is 1. The van der Waals surface area contributed by atoms with Gasteiger partial charge in [0.25, 0.3) is 0 Å². The molecule has 2 aliphatic heterocycles. The summed E-state index contributed by atoms with van der Waals surface area (Å²) in [6.07, 6.45) is 4.92. The lowest BCUT2D eigenvalue weighted by molar-refractivity contribution is 0.114. The van der Waals surface area contributed by atoms with Gasteiger partial charge in [0.15, 0.2) is 5.11 Å². The van der Waals surface area contributed by atoms with Crippen molar-refractivity contribution < 1.29 is 4.74 Å². The second-order valence-corrected chi connectivity index (χ2v) is 6.09. The van der Waals surface area contributed by atoms with Crippen LogP contribution in [0.2, 0.25) is 0 Å². The first-order chi connectivity index (χ1) is 9.75. The molecule has 0 radical (unpaired) electrons. The minimum atomic E-state index is 0.322. The molecule has 0 bridgehead atoms. The third-order valence-electron chi connectivity index (χ3n) is 4.25. The van der Waals surface area contributed by atoms with Crippen molar-refractivity contribution in [1.29, 1.82) is 0 Å². The van der Waals surface area contributed by atoms with Crippen LogP contribution in [0.5, 0.6) is 0 Å². The second kappa shape index (κ2) is 6.10. The molecule has 108 valence electrons. The van der Waals surface area contributed by atoms with Crippen LogP contribution in [-0.4, -0.2) is 30.4 Å². The molecule has 4 heteroatoms. The molecule has 2 atom stereocenters. The largest absolute Gasteiger partial charge is 0.376 e. The average molecular weight is 290 g/mol. The minimum Gasteiger partial charge on any atom is -0.376 e. The van der Waals surface area contributed by atoms with Crippen LogP contribution in [0.25, 0.3) is 0 Å². The van der Waals surface area contributed by atoms with Gasteiger partial charge >= 0.3 is 0 Å². The van der Waals surface area contributed by atoms with E-state index in [0.29, 0.717) is 12.1 Å². The van der Waals surface area contributed by atoms with Crippen molar-refractivity contribution in [3.8, 4) is 0 Å². The third kappa shape index (κ3) is 2.81. The molecule has 0 saturated carbocycles. The highest BCUT2D eigenvalue weighted by Gasteiger charge is 2.26. The Morgan fingerprint density at radius 3 is 3.05 bits per heavy atom. The van der Waals surface area contributed by atoms with Crippen molar-refractivity contribution >= 4 is 23.0 Å². The highest BCUT2D eigenvalue weighted by atomic mass is 32.1. The topological polar surface area (TPSA) is 24.5 Å². The van der Waals surface area contributed by atoms with Gasteiger partial charge in [-0.15, -0.1) is 0 Å². The second-order valence-electron chi connectivity index (χ2n) is 5.71. The Bertz CT molecular complexity index is 485. The van der Waals surface area contributed by atoms with E-state index in [1.165, 1.54) is 17.7 Å². The number of rotatable bonds is 2. The SMILES string of the molecule is C[C@H]1CCc2ccccc2N1C(=S)NC[C@@H]1CCCO1. The molecule has 0 aromatic heterocycles. The third-order valence-corrected chi connectivity index (χ3v) is 4.59. The van der Waals surface area contributed by atoms with E-state index in [9.17, 15) is 0 Å². The molecule has 1 fully saturated rings. The summed E-state index contributed by atoms with van der Waals surface area (Å²) < 4.78 is 5.65. The summed E-state index contributed by atoms with van der Waals surface area (Å²) in [7, 11) is 0. The molecule has 3 nitrogen and oxygen atoms in total. The van der Waals surface area contributed by atoms with E-state index in [1.807, 2.05) is 0 Å². The van der Waals surface area contributed by atoms with Crippen LogP contribution >= 0.6 is 12.2 Å².